The van der Waals surface area contributed by atoms with Gasteiger partial charge in [0.1, 0.15) is 5.76 Å². The maximum Gasteiger partial charge on any atom is 0.291 e. The molecule has 0 atom stereocenters. The molecule has 4 rings (SSSR count). The smallest absolute Gasteiger partial charge is 0.291 e. The van der Waals surface area contributed by atoms with E-state index in [0.29, 0.717) is 41.1 Å². The largest absolute Gasteiger partial charge is 0.455 e. The molecule has 1 aromatic heterocycles. The fourth-order valence-electron chi connectivity index (χ4n) is 3.66. The van der Waals surface area contributed by atoms with Crippen LogP contribution in [0.3, 0.4) is 0 Å². The molecule has 31 heavy (non-hydrogen) atoms. The summed E-state index contributed by atoms with van der Waals surface area (Å²) in [6, 6.07) is 15.6. The van der Waals surface area contributed by atoms with E-state index in [4.69, 9.17) is 4.42 Å². The van der Waals surface area contributed by atoms with Gasteiger partial charge >= 0.3 is 0 Å². The molecule has 0 aliphatic heterocycles. The normalized spacial score (nSPS) is 14.8. The van der Waals surface area contributed by atoms with E-state index < -0.39 is 10.0 Å². The predicted octanol–water partition coefficient (Wildman–Crippen LogP) is 4.17. The van der Waals surface area contributed by atoms with Crippen LogP contribution in [0.15, 0.2) is 69.0 Å². The average Bonchev–Trinajstić information content (AvgIpc) is 3.12. The number of hydrogen-bond donors (Lipinski definition) is 2. The summed E-state index contributed by atoms with van der Waals surface area (Å²) >= 11 is 0. The summed E-state index contributed by atoms with van der Waals surface area (Å²) in [5, 5.41) is 7.08. The predicted molar refractivity (Wildman–Crippen MR) is 119 cm³/mol. The Balaban J connectivity index is 1.62. The zero-order chi connectivity index (χ0) is 22.0. The van der Waals surface area contributed by atoms with Crippen molar-refractivity contribution < 1.29 is 17.6 Å². The van der Waals surface area contributed by atoms with Crippen LogP contribution in [0.5, 0.6) is 0 Å². The number of sulfonamides is 1. The van der Waals surface area contributed by atoms with Crippen molar-refractivity contribution in [2.75, 3.05) is 5.32 Å². The van der Waals surface area contributed by atoms with Gasteiger partial charge in [-0.1, -0.05) is 36.4 Å². The fraction of sp³-hybridized carbons (Fsp3) is 0.217. The summed E-state index contributed by atoms with van der Waals surface area (Å²) in [7, 11) is -3.78. The zero-order valence-electron chi connectivity index (χ0n) is 17.3. The minimum Gasteiger partial charge on any atom is -0.455 e. The van der Waals surface area contributed by atoms with Gasteiger partial charge in [0.15, 0.2) is 5.76 Å². The fourth-order valence-corrected chi connectivity index (χ4v) is 4.51. The molecule has 0 spiro atoms. The van der Waals surface area contributed by atoms with Crippen LogP contribution in [0.4, 0.5) is 5.69 Å². The van der Waals surface area contributed by atoms with Crippen LogP contribution in [0, 0.1) is 13.8 Å². The van der Waals surface area contributed by atoms with Gasteiger partial charge in [-0.05, 0) is 50.5 Å². The molecular weight excluding hydrogens is 414 g/mol. The molecule has 0 saturated heterocycles. The molecule has 2 aromatic carbocycles. The van der Waals surface area contributed by atoms with Gasteiger partial charge in [0.25, 0.3) is 15.9 Å². The van der Waals surface area contributed by atoms with Crippen molar-refractivity contribution in [3.05, 3.63) is 82.8 Å². The van der Waals surface area contributed by atoms with Gasteiger partial charge in [-0.25, -0.2) is 0 Å². The number of carbonyl (C=O) groups excluding carboxylic acids is 1. The van der Waals surface area contributed by atoms with Gasteiger partial charge in [0.2, 0.25) is 0 Å². The summed E-state index contributed by atoms with van der Waals surface area (Å²) in [6.07, 6.45) is 2.01. The van der Waals surface area contributed by atoms with Crippen LogP contribution in [-0.4, -0.2) is 20.0 Å². The molecule has 0 bridgehead atoms. The maximum absolute atomic E-state index is 12.9. The topological polar surface area (TPSA) is 101 Å². The van der Waals surface area contributed by atoms with E-state index >= 15 is 0 Å². The number of benzene rings is 2. The number of carbonyl (C=O) groups is 1. The van der Waals surface area contributed by atoms with Crippen LogP contribution in [-0.2, 0) is 16.4 Å². The summed E-state index contributed by atoms with van der Waals surface area (Å²) < 4.78 is 30.9. The number of anilines is 1. The minimum atomic E-state index is -3.78. The Morgan fingerprint density at radius 1 is 1.00 bits per heavy atom. The number of nitrogens with zero attached hydrogens (tertiary/aromatic N) is 1. The number of rotatable bonds is 5. The molecule has 160 valence electrons. The third-order valence-electron chi connectivity index (χ3n) is 5.28. The highest BCUT2D eigenvalue weighted by atomic mass is 32.2. The van der Waals surface area contributed by atoms with E-state index in [9.17, 15) is 13.2 Å². The highest BCUT2D eigenvalue weighted by molar-refractivity contribution is 7.89. The van der Waals surface area contributed by atoms with Gasteiger partial charge < -0.3 is 9.73 Å². The van der Waals surface area contributed by atoms with E-state index in [2.05, 4.69) is 15.2 Å². The number of hydrogen-bond acceptors (Lipinski definition) is 5. The SMILES string of the molecule is Cc1ccccc1NC(=O)c1oc2c(c1C)/C(=N/NS(=O)(=O)c1ccccc1)CCC2. The molecule has 1 heterocycles. The zero-order valence-corrected chi connectivity index (χ0v) is 18.1. The molecule has 1 aliphatic rings. The molecule has 8 heteroatoms. The summed E-state index contributed by atoms with van der Waals surface area (Å²) in [5.74, 6) is 0.524. The van der Waals surface area contributed by atoms with Crippen molar-refractivity contribution in [3.63, 3.8) is 0 Å². The second-order valence-electron chi connectivity index (χ2n) is 7.44. The number of para-hydroxylation sites is 1. The summed E-state index contributed by atoms with van der Waals surface area (Å²) in [4.78, 5) is 15.3. The Bertz CT molecular complexity index is 1260. The summed E-state index contributed by atoms with van der Waals surface area (Å²) in [6.45, 7) is 3.71. The number of furan rings is 1. The Hall–Kier alpha value is -3.39. The van der Waals surface area contributed by atoms with Gasteiger partial charge in [0.05, 0.1) is 10.6 Å². The van der Waals surface area contributed by atoms with Crippen LogP contribution in [0.25, 0.3) is 0 Å². The first-order valence-electron chi connectivity index (χ1n) is 10.00. The molecule has 1 aliphatic carbocycles. The molecule has 0 saturated carbocycles. The molecule has 1 amide bonds. The van der Waals surface area contributed by atoms with Crippen molar-refractivity contribution >= 4 is 27.3 Å². The number of amides is 1. The molecule has 0 radical (unpaired) electrons. The van der Waals surface area contributed by atoms with Crippen molar-refractivity contribution in [2.45, 2.75) is 38.0 Å². The number of fused-ring (bicyclic) bond motifs is 1. The monoisotopic (exact) mass is 437 g/mol. The number of nitrogens with one attached hydrogen (secondary N) is 2. The second-order valence-corrected chi connectivity index (χ2v) is 9.10. The van der Waals surface area contributed by atoms with Gasteiger partial charge in [0, 0.05) is 23.2 Å². The van der Waals surface area contributed by atoms with Crippen LogP contribution < -0.4 is 10.1 Å². The average molecular weight is 438 g/mol. The molecule has 3 aromatic rings. The minimum absolute atomic E-state index is 0.137. The molecule has 0 unspecified atom stereocenters. The van der Waals surface area contributed by atoms with Gasteiger partial charge in [-0.15, -0.1) is 0 Å². The van der Waals surface area contributed by atoms with E-state index in [1.165, 1.54) is 12.1 Å². The Morgan fingerprint density at radius 2 is 1.71 bits per heavy atom. The van der Waals surface area contributed by atoms with Crippen molar-refractivity contribution in [1.82, 2.24) is 4.83 Å². The van der Waals surface area contributed by atoms with E-state index in [1.54, 1.807) is 25.1 Å². The van der Waals surface area contributed by atoms with Gasteiger partial charge in [-0.3, -0.25) is 4.79 Å². The first kappa shape index (κ1) is 20.9. The van der Waals surface area contributed by atoms with Crippen LogP contribution in [0.2, 0.25) is 0 Å². The standard InChI is InChI=1S/C23H23N3O4S/c1-15-9-6-7-12-18(15)24-23(27)22-16(2)21-19(13-8-14-20(21)30-22)25-26-31(28,29)17-10-4-3-5-11-17/h3-7,9-12,26H,8,13-14H2,1-2H3,(H,24,27)/b25-19+. The number of aryl methyl sites for hydroxylation is 2. The quantitative estimate of drug-likeness (QED) is 0.585. The highest BCUT2D eigenvalue weighted by Gasteiger charge is 2.28. The molecule has 0 fully saturated rings. The summed E-state index contributed by atoms with van der Waals surface area (Å²) in [5.41, 5.74) is 3.58. The first-order valence-corrected chi connectivity index (χ1v) is 11.5. The van der Waals surface area contributed by atoms with Crippen LogP contribution in [0.1, 0.15) is 45.8 Å². The van der Waals surface area contributed by atoms with Gasteiger partial charge in [-0.2, -0.15) is 18.4 Å². The van der Waals surface area contributed by atoms with Crippen LogP contribution >= 0.6 is 0 Å². The first-order chi connectivity index (χ1) is 14.9. The Kier molecular flexibility index (Phi) is 5.65. The van der Waals surface area contributed by atoms with E-state index in [1.807, 2.05) is 31.2 Å². The highest BCUT2D eigenvalue weighted by Crippen LogP contribution is 2.30. The maximum atomic E-state index is 12.9. The second kappa shape index (κ2) is 8.39. The lowest BCUT2D eigenvalue weighted by Crippen LogP contribution is -2.22. The molecule has 2 N–H and O–H groups in total. The van der Waals surface area contributed by atoms with E-state index in [-0.39, 0.29) is 16.6 Å². The van der Waals surface area contributed by atoms with Crippen molar-refractivity contribution in [2.24, 2.45) is 5.10 Å². The van der Waals surface area contributed by atoms with Crippen molar-refractivity contribution in [3.8, 4) is 0 Å². The third kappa shape index (κ3) is 4.25. The number of hydrazone groups is 1. The lowest BCUT2D eigenvalue weighted by atomic mass is 9.93. The van der Waals surface area contributed by atoms with E-state index in [0.717, 1.165) is 12.0 Å². The Labute approximate surface area is 181 Å². The Morgan fingerprint density at radius 3 is 2.45 bits per heavy atom. The molecule has 7 nitrogen and oxygen atoms in total. The van der Waals surface area contributed by atoms with Crippen molar-refractivity contribution in [1.29, 1.82) is 0 Å². The molecular formula is C23H23N3O4S. The third-order valence-corrected chi connectivity index (χ3v) is 6.50. The lowest BCUT2D eigenvalue weighted by molar-refractivity contribution is 0.0994. The lowest BCUT2D eigenvalue weighted by Gasteiger charge is -2.14.